The Kier molecular flexibility index (Phi) is 5.85. The minimum Gasteiger partial charge on any atom is -0.345 e. The van der Waals surface area contributed by atoms with E-state index in [1.807, 2.05) is 55.5 Å². The Balaban J connectivity index is 1.53. The molecule has 1 aliphatic carbocycles. The molecular weight excluding hydrogens is 450 g/mol. The summed E-state index contributed by atoms with van der Waals surface area (Å²) in [6.07, 6.45) is 3.12. The van der Waals surface area contributed by atoms with Gasteiger partial charge in [-0.15, -0.1) is 11.3 Å². The van der Waals surface area contributed by atoms with Gasteiger partial charge in [-0.05, 0) is 61.6 Å². The van der Waals surface area contributed by atoms with Crippen LogP contribution in [-0.4, -0.2) is 34.5 Å². The van der Waals surface area contributed by atoms with Crippen molar-refractivity contribution in [2.75, 3.05) is 14.1 Å². The van der Waals surface area contributed by atoms with Crippen molar-refractivity contribution < 1.29 is 4.79 Å². The lowest BCUT2D eigenvalue weighted by Gasteiger charge is -2.13. The summed E-state index contributed by atoms with van der Waals surface area (Å²) in [6, 6.07) is 15.7. The molecule has 0 bridgehead atoms. The molecule has 0 fully saturated rings. The van der Waals surface area contributed by atoms with Crippen molar-refractivity contribution in [2.45, 2.75) is 37.1 Å². The molecule has 1 amide bonds. The molecule has 0 radical (unpaired) electrons. The maximum Gasteiger partial charge on any atom is 0.267 e. The molecule has 0 N–H and O–H groups in total. The third-order valence-electron chi connectivity index (χ3n) is 5.98. The van der Waals surface area contributed by atoms with E-state index < -0.39 is 0 Å². The van der Waals surface area contributed by atoms with E-state index in [4.69, 9.17) is 4.98 Å². The molecule has 1 aliphatic rings. The van der Waals surface area contributed by atoms with Crippen LogP contribution in [0.4, 0.5) is 0 Å². The van der Waals surface area contributed by atoms with Crippen molar-refractivity contribution in [3.63, 3.8) is 0 Å². The molecule has 33 heavy (non-hydrogen) atoms. The van der Waals surface area contributed by atoms with Crippen molar-refractivity contribution in [3.8, 4) is 5.69 Å². The van der Waals surface area contributed by atoms with Crippen molar-refractivity contribution in [3.05, 3.63) is 86.0 Å². The number of carbonyl (C=O) groups excluding carboxylic acids is 1. The molecular formula is C26H25N3O2S2. The first-order chi connectivity index (χ1) is 15.9. The largest absolute Gasteiger partial charge is 0.345 e. The minimum atomic E-state index is -0.0136. The molecule has 7 heteroatoms. The van der Waals surface area contributed by atoms with Gasteiger partial charge in [0, 0.05) is 30.3 Å². The number of rotatable bonds is 5. The highest BCUT2D eigenvalue weighted by atomic mass is 32.2. The third kappa shape index (κ3) is 4.11. The van der Waals surface area contributed by atoms with Crippen molar-refractivity contribution in [1.29, 1.82) is 0 Å². The van der Waals surface area contributed by atoms with E-state index in [9.17, 15) is 9.59 Å². The number of amides is 1. The van der Waals surface area contributed by atoms with Gasteiger partial charge in [-0.2, -0.15) is 0 Å². The highest BCUT2D eigenvalue weighted by Gasteiger charge is 2.24. The lowest BCUT2D eigenvalue weighted by atomic mass is 10.1. The van der Waals surface area contributed by atoms with E-state index >= 15 is 0 Å². The molecule has 0 spiro atoms. The van der Waals surface area contributed by atoms with E-state index in [2.05, 4.69) is 0 Å². The van der Waals surface area contributed by atoms with Gasteiger partial charge in [-0.3, -0.25) is 14.2 Å². The van der Waals surface area contributed by atoms with Crippen LogP contribution in [0.1, 0.15) is 38.3 Å². The quantitative estimate of drug-likeness (QED) is 0.293. The number of aryl methyl sites for hydroxylation is 3. The van der Waals surface area contributed by atoms with Gasteiger partial charge in [0.2, 0.25) is 0 Å². The summed E-state index contributed by atoms with van der Waals surface area (Å²) in [7, 11) is 3.50. The summed E-state index contributed by atoms with van der Waals surface area (Å²) >= 11 is 3.22. The number of carbonyl (C=O) groups is 1. The number of fused-ring (bicyclic) bond motifs is 3. The highest BCUT2D eigenvalue weighted by Crippen LogP contribution is 2.36. The molecule has 0 aliphatic heterocycles. The Hall–Kier alpha value is -2.90. The Morgan fingerprint density at radius 1 is 1.09 bits per heavy atom. The number of hydrogen-bond donors (Lipinski definition) is 0. The van der Waals surface area contributed by atoms with Crippen LogP contribution in [0, 0.1) is 6.92 Å². The second-order valence-corrected chi connectivity index (χ2v) is 10.6. The fraction of sp³-hybridized carbons (Fsp3) is 0.269. The first kappa shape index (κ1) is 21.9. The second kappa shape index (κ2) is 8.80. The second-order valence-electron chi connectivity index (χ2n) is 8.59. The average Bonchev–Trinajstić information content (AvgIpc) is 3.39. The van der Waals surface area contributed by atoms with Crippen LogP contribution in [0.2, 0.25) is 0 Å². The van der Waals surface area contributed by atoms with Gasteiger partial charge in [-0.25, -0.2) is 4.98 Å². The van der Waals surface area contributed by atoms with Crippen molar-refractivity contribution in [1.82, 2.24) is 14.5 Å². The molecule has 168 valence electrons. The molecule has 2 aromatic carbocycles. The van der Waals surface area contributed by atoms with Crippen molar-refractivity contribution in [2.24, 2.45) is 0 Å². The maximum atomic E-state index is 13.7. The predicted molar refractivity (Wildman–Crippen MR) is 136 cm³/mol. The van der Waals surface area contributed by atoms with Gasteiger partial charge in [0.25, 0.3) is 11.5 Å². The van der Waals surface area contributed by atoms with Crippen LogP contribution in [0.25, 0.3) is 15.9 Å². The Morgan fingerprint density at radius 2 is 1.82 bits per heavy atom. The Labute approximate surface area is 201 Å². The van der Waals surface area contributed by atoms with Crippen LogP contribution in [0.3, 0.4) is 0 Å². The summed E-state index contributed by atoms with van der Waals surface area (Å²) in [6.45, 7) is 2.04. The molecule has 4 aromatic rings. The minimum absolute atomic E-state index is 0.0136. The van der Waals surface area contributed by atoms with Gasteiger partial charge in [-0.1, -0.05) is 41.6 Å². The van der Waals surface area contributed by atoms with E-state index in [0.29, 0.717) is 16.5 Å². The molecule has 5 nitrogen and oxygen atoms in total. The highest BCUT2D eigenvalue weighted by molar-refractivity contribution is 7.98. The van der Waals surface area contributed by atoms with Crippen molar-refractivity contribution >= 4 is 39.2 Å². The summed E-state index contributed by atoms with van der Waals surface area (Å²) in [5.74, 6) is 0.644. The molecule has 2 heterocycles. The third-order valence-corrected chi connectivity index (χ3v) is 8.17. The fourth-order valence-corrected chi connectivity index (χ4v) is 6.46. The number of nitrogens with zero attached hydrogens (tertiary/aromatic N) is 3. The smallest absolute Gasteiger partial charge is 0.267 e. The molecule has 5 rings (SSSR count). The van der Waals surface area contributed by atoms with Crippen LogP contribution in [0.15, 0.2) is 58.5 Å². The number of thioether (sulfide) groups is 1. The standard InChI is InChI=1S/C26H25N3O2S2/c1-16-7-13-19(14-8-16)29-25(31)22-20-5-4-6-21(20)33-23(22)27-26(29)32-15-17-9-11-18(12-10-17)24(30)28(2)3/h7-14H,4-6,15H2,1-3H3. The van der Waals surface area contributed by atoms with E-state index in [1.54, 1.807) is 46.7 Å². The topological polar surface area (TPSA) is 55.2 Å². The zero-order chi connectivity index (χ0) is 23.1. The van der Waals surface area contributed by atoms with Crippen LogP contribution in [-0.2, 0) is 18.6 Å². The summed E-state index contributed by atoms with van der Waals surface area (Å²) in [5.41, 5.74) is 4.96. The number of aromatic nitrogens is 2. The number of benzene rings is 2. The van der Waals surface area contributed by atoms with E-state index in [-0.39, 0.29) is 11.5 Å². The zero-order valence-corrected chi connectivity index (χ0v) is 20.6. The SMILES string of the molecule is Cc1ccc(-n2c(SCc3ccc(C(=O)N(C)C)cc3)nc3sc4c(c3c2=O)CCC4)cc1. The first-order valence-electron chi connectivity index (χ1n) is 11.0. The molecule has 0 atom stereocenters. The van der Waals surface area contributed by atoms with E-state index in [1.165, 1.54) is 10.4 Å². The Bertz CT molecular complexity index is 1400. The number of thiophene rings is 1. The average molecular weight is 476 g/mol. The predicted octanol–water partition coefficient (Wildman–Crippen LogP) is 5.24. The fourth-order valence-electron chi connectivity index (χ4n) is 4.19. The van der Waals surface area contributed by atoms with E-state index in [0.717, 1.165) is 46.3 Å². The van der Waals surface area contributed by atoms with Gasteiger partial charge in [0.05, 0.1) is 11.1 Å². The zero-order valence-electron chi connectivity index (χ0n) is 18.9. The summed E-state index contributed by atoms with van der Waals surface area (Å²) in [4.78, 5) is 34.6. The van der Waals surface area contributed by atoms with Crippen LogP contribution < -0.4 is 5.56 Å². The van der Waals surface area contributed by atoms with Gasteiger partial charge < -0.3 is 4.90 Å². The molecule has 2 aromatic heterocycles. The van der Waals surface area contributed by atoms with Crippen LogP contribution >= 0.6 is 23.1 Å². The lowest BCUT2D eigenvalue weighted by molar-refractivity contribution is 0.0827. The maximum absolute atomic E-state index is 13.7. The molecule has 0 saturated carbocycles. The molecule has 0 unspecified atom stereocenters. The Morgan fingerprint density at radius 3 is 2.52 bits per heavy atom. The summed E-state index contributed by atoms with van der Waals surface area (Å²) in [5, 5.41) is 1.49. The normalized spacial score (nSPS) is 12.8. The van der Waals surface area contributed by atoms with Gasteiger partial charge in [0.15, 0.2) is 5.16 Å². The lowest BCUT2D eigenvalue weighted by Crippen LogP contribution is -2.22. The van der Waals surface area contributed by atoms with Gasteiger partial charge in [0.1, 0.15) is 4.83 Å². The van der Waals surface area contributed by atoms with Gasteiger partial charge >= 0.3 is 0 Å². The van der Waals surface area contributed by atoms with Crippen LogP contribution in [0.5, 0.6) is 0 Å². The monoisotopic (exact) mass is 475 g/mol. The first-order valence-corrected chi connectivity index (χ1v) is 12.8. The molecule has 0 saturated heterocycles. The number of hydrogen-bond acceptors (Lipinski definition) is 5. The summed E-state index contributed by atoms with van der Waals surface area (Å²) < 4.78 is 1.77.